The molecule has 3 aromatic rings. The monoisotopic (exact) mass is 421 g/mol. The first-order chi connectivity index (χ1) is 14.6. The third-order valence-electron chi connectivity index (χ3n) is 4.70. The van der Waals surface area contributed by atoms with E-state index in [4.69, 9.17) is 9.47 Å². The summed E-state index contributed by atoms with van der Waals surface area (Å²) in [5, 5.41) is 13.2. The summed E-state index contributed by atoms with van der Waals surface area (Å²) in [6, 6.07) is 12.6. The number of amides is 1. The fourth-order valence-electron chi connectivity index (χ4n) is 3.26. The van der Waals surface area contributed by atoms with E-state index in [9.17, 15) is 14.7 Å². The van der Waals surface area contributed by atoms with E-state index >= 15 is 0 Å². The Hall–Kier alpha value is -3.85. The Morgan fingerprint density at radius 3 is 2.97 bits per heavy atom. The molecule has 0 spiro atoms. The van der Waals surface area contributed by atoms with Crippen LogP contribution in [0.25, 0.3) is 11.6 Å². The van der Waals surface area contributed by atoms with Gasteiger partial charge in [0.15, 0.2) is 11.5 Å². The lowest BCUT2D eigenvalue weighted by molar-refractivity contribution is -0.116. The lowest BCUT2D eigenvalue weighted by atomic mass is 10.1. The lowest BCUT2D eigenvalue weighted by Crippen LogP contribution is -2.24. The fourth-order valence-corrected chi connectivity index (χ4v) is 4.10. The highest BCUT2D eigenvalue weighted by Gasteiger charge is 2.19. The number of rotatable bonds is 4. The van der Waals surface area contributed by atoms with Gasteiger partial charge in [0.25, 0.3) is 0 Å². The van der Waals surface area contributed by atoms with Crippen molar-refractivity contribution in [3.05, 3.63) is 62.6 Å². The van der Waals surface area contributed by atoms with Gasteiger partial charge in [-0.05, 0) is 24.3 Å². The molecule has 0 unspecified atom stereocenters. The molecule has 0 fully saturated rings. The van der Waals surface area contributed by atoms with Crippen molar-refractivity contribution >= 4 is 46.5 Å². The molecule has 3 heterocycles. The van der Waals surface area contributed by atoms with Crippen LogP contribution in [0.1, 0.15) is 10.4 Å². The molecule has 150 valence electrons. The Morgan fingerprint density at radius 2 is 2.07 bits per heavy atom. The fraction of sp³-hybridized carbons (Fsp3) is 0.0952. The van der Waals surface area contributed by atoms with Gasteiger partial charge in [0, 0.05) is 29.1 Å². The van der Waals surface area contributed by atoms with E-state index in [0.717, 1.165) is 32.7 Å². The number of anilines is 1. The number of hydrogen-bond donors (Lipinski definition) is 2. The van der Waals surface area contributed by atoms with Crippen LogP contribution in [0.4, 0.5) is 11.4 Å². The van der Waals surface area contributed by atoms with Gasteiger partial charge in [-0.3, -0.25) is 19.1 Å². The molecule has 0 radical (unpaired) electrons. The molecule has 2 aromatic carbocycles. The number of para-hydroxylation sites is 1. The number of fused-ring (bicyclic) bond motifs is 2. The first-order valence-corrected chi connectivity index (χ1v) is 9.87. The van der Waals surface area contributed by atoms with E-state index in [1.165, 1.54) is 0 Å². The number of carbonyl (C=O) groups excluding carboxylic acids is 1. The zero-order valence-electron chi connectivity index (χ0n) is 15.5. The van der Waals surface area contributed by atoms with Crippen LogP contribution in [-0.4, -0.2) is 28.6 Å². The van der Waals surface area contributed by atoms with Crippen molar-refractivity contribution in [3.8, 4) is 17.4 Å². The van der Waals surface area contributed by atoms with Crippen LogP contribution in [0.2, 0.25) is 0 Å². The highest BCUT2D eigenvalue weighted by Crippen LogP contribution is 2.35. The summed E-state index contributed by atoms with van der Waals surface area (Å²) < 4.78 is 11.6. The van der Waals surface area contributed by atoms with Crippen LogP contribution >= 0.6 is 11.3 Å². The highest BCUT2D eigenvalue weighted by molar-refractivity contribution is 7.10. The number of ether oxygens (including phenoxy) is 2. The van der Waals surface area contributed by atoms with E-state index < -0.39 is 10.8 Å². The zero-order valence-corrected chi connectivity index (χ0v) is 16.3. The van der Waals surface area contributed by atoms with Crippen molar-refractivity contribution in [2.75, 3.05) is 12.1 Å². The minimum absolute atomic E-state index is 0.137. The Labute approximate surface area is 174 Å². The Bertz CT molecular complexity index is 1290. The molecule has 2 aliphatic heterocycles. The molecular weight excluding hydrogens is 406 g/mol. The molecular formula is C21H15N3O5S. The summed E-state index contributed by atoms with van der Waals surface area (Å²) >= 11 is 0.870. The number of hydrogen-bond acceptors (Lipinski definition) is 7. The summed E-state index contributed by atoms with van der Waals surface area (Å²) in [4.78, 5) is 29.0. The maximum Gasteiger partial charge on any atom is 0.311 e. The summed E-state index contributed by atoms with van der Waals surface area (Å²) in [6.07, 6.45) is 3.38. The molecule has 0 saturated carbocycles. The minimum Gasteiger partial charge on any atom is -0.493 e. The standard InChI is InChI=1S/C21H15N3O5S/c25-19(23-13-5-6-16-17(8-13)29-11-28-16)10-24-20(26)18(30-21(24)27)7-12-9-22-15-4-2-1-3-14(12)15/h1-9,26H,10-11H2,(H,23,25). The molecule has 8 nitrogen and oxygen atoms in total. The number of aromatic nitrogens is 1. The summed E-state index contributed by atoms with van der Waals surface area (Å²) in [5.41, 5.74) is 3.05. The summed E-state index contributed by atoms with van der Waals surface area (Å²) in [7, 11) is 0. The number of allylic oxidation sites excluding steroid dienone is 1. The Morgan fingerprint density at radius 1 is 1.23 bits per heavy atom. The highest BCUT2D eigenvalue weighted by atomic mass is 32.1. The van der Waals surface area contributed by atoms with Crippen molar-refractivity contribution in [1.29, 1.82) is 0 Å². The molecule has 0 aliphatic carbocycles. The van der Waals surface area contributed by atoms with Gasteiger partial charge < -0.3 is 19.9 Å². The molecule has 1 aromatic heterocycles. The molecule has 1 amide bonds. The molecule has 9 heteroatoms. The number of nitrogens with zero attached hydrogens (tertiary/aromatic N) is 2. The van der Waals surface area contributed by atoms with Crippen molar-refractivity contribution in [2.24, 2.45) is 4.99 Å². The van der Waals surface area contributed by atoms with E-state index in [2.05, 4.69) is 10.3 Å². The van der Waals surface area contributed by atoms with Gasteiger partial charge in [-0.1, -0.05) is 29.5 Å². The molecule has 0 saturated heterocycles. The maximum absolute atomic E-state index is 12.4. The van der Waals surface area contributed by atoms with E-state index in [0.29, 0.717) is 22.1 Å². The van der Waals surface area contributed by atoms with Crippen molar-refractivity contribution < 1.29 is 19.4 Å². The summed E-state index contributed by atoms with van der Waals surface area (Å²) in [6.45, 7) is -0.179. The molecule has 0 bridgehead atoms. The van der Waals surface area contributed by atoms with E-state index in [-0.39, 0.29) is 19.2 Å². The van der Waals surface area contributed by atoms with Crippen LogP contribution in [-0.2, 0) is 11.3 Å². The van der Waals surface area contributed by atoms with Crippen LogP contribution in [0.15, 0.2) is 52.3 Å². The first kappa shape index (κ1) is 18.2. The van der Waals surface area contributed by atoms with Gasteiger partial charge in [-0.15, -0.1) is 0 Å². The second-order valence-corrected chi connectivity index (χ2v) is 7.63. The van der Waals surface area contributed by atoms with Gasteiger partial charge in [-0.2, -0.15) is 0 Å². The number of nitrogens with one attached hydrogen (secondary N) is 1. The number of aliphatic imine (C=N–C) groups is 1. The zero-order chi connectivity index (χ0) is 20.7. The van der Waals surface area contributed by atoms with Crippen LogP contribution in [0.3, 0.4) is 0 Å². The number of aromatic hydroxyl groups is 1. The number of benzene rings is 2. The topological polar surface area (TPSA) is 102 Å². The Balaban J connectivity index is 1.36. The average molecular weight is 421 g/mol. The quantitative estimate of drug-likeness (QED) is 0.673. The van der Waals surface area contributed by atoms with Gasteiger partial charge >= 0.3 is 4.87 Å². The molecule has 2 N–H and O–H groups in total. The third kappa shape index (κ3) is 3.25. The number of carbonyl (C=O) groups is 1. The van der Waals surface area contributed by atoms with Crippen molar-refractivity contribution in [2.45, 2.75) is 6.54 Å². The molecule has 0 atom stereocenters. The third-order valence-corrected chi connectivity index (χ3v) is 5.61. The average Bonchev–Trinajstić information content (AvgIpc) is 3.43. The second kappa shape index (κ2) is 7.20. The Kier molecular flexibility index (Phi) is 4.36. The molecule has 30 heavy (non-hydrogen) atoms. The van der Waals surface area contributed by atoms with Gasteiger partial charge in [0.2, 0.25) is 18.6 Å². The van der Waals surface area contributed by atoms with Crippen molar-refractivity contribution in [1.82, 2.24) is 4.57 Å². The number of thiazole rings is 1. The van der Waals surface area contributed by atoms with Gasteiger partial charge in [-0.25, -0.2) is 0 Å². The molecule has 2 aliphatic rings. The smallest absolute Gasteiger partial charge is 0.311 e. The van der Waals surface area contributed by atoms with Gasteiger partial charge in [0.05, 0.1) is 10.6 Å². The minimum atomic E-state index is -0.448. The maximum atomic E-state index is 12.4. The second-order valence-electron chi connectivity index (χ2n) is 6.63. The normalized spacial score (nSPS) is 14.9. The predicted octanol–water partition coefficient (Wildman–Crippen LogP) is 3.24. The van der Waals surface area contributed by atoms with Crippen molar-refractivity contribution in [3.63, 3.8) is 0 Å². The SMILES string of the molecule is O=C(Cn1c(O)c(C=C2C=Nc3ccccc32)sc1=O)Nc1ccc2c(c1)OCO2. The summed E-state index contributed by atoms with van der Waals surface area (Å²) in [5.74, 6) is 0.442. The van der Waals surface area contributed by atoms with Gasteiger partial charge in [0.1, 0.15) is 6.54 Å². The van der Waals surface area contributed by atoms with Crippen LogP contribution in [0.5, 0.6) is 17.4 Å². The lowest BCUT2D eigenvalue weighted by Gasteiger charge is -2.07. The van der Waals surface area contributed by atoms with Crippen LogP contribution < -0.4 is 19.7 Å². The van der Waals surface area contributed by atoms with Crippen LogP contribution in [0, 0.1) is 0 Å². The van der Waals surface area contributed by atoms with E-state index in [1.807, 2.05) is 24.3 Å². The molecule has 5 rings (SSSR count). The first-order valence-electron chi connectivity index (χ1n) is 9.06. The van der Waals surface area contributed by atoms with E-state index in [1.54, 1.807) is 30.5 Å². The predicted molar refractivity (Wildman–Crippen MR) is 114 cm³/mol. The largest absolute Gasteiger partial charge is 0.493 e.